The number of pyridine rings is 1. The first-order valence-electron chi connectivity index (χ1n) is 12.0. The van der Waals surface area contributed by atoms with Gasteiger partial charge in [0.25, 0.3) is 10.1 Å². The molecule has 3 heterocycles. The molecule has 4 rings (SSSR count). The number of nitrogens with zero attached hydrogens (tertiary/aromatic N) is 3. The van der Waals surface area contributed by atoms with Gasteiger partial charge in [0.15, 0.2) is 18.0 Å². The van der Waals surface area contributed by atoms with Crippen molar-refractivity contribution in [3.8, 4) is 29.0 Å². The molecule has 0 atom stereocenters. The van der Waals surface area contributed by atoms with Crippen LogP contribution >= 0.6 is 0 Å². The Labute approximate surface area is 218 Å². The lowest BCUT2D eigenvalue weighted by Gasteiger charge is -2.06. The van der Waals surface area contributed by atoms with Gasteiger partial charge in [0.05, 0.1) is 12.4 Å². The molecule has 38 heavy (non-hydrogen) atoms. The van der Waals surface area contributed by atoms with E-state index >= 15 is 0 Å². The number of carbonyl (C=O) groups is 1. The Morgan fingerprint density at radius 1 is 1.00 bits per heavy atom. The highest BCUT2D eigenvalue weighted by molar-refractivity contribution is 7.85. The van der Waals surface area contributed by atoms with Crippen molar-refractivity contribution < 1.29 is 46.5 Å². The Kier molecular flexibility index (Phi) is 8.48. The van der Waals surface area contributed by atoms with Gasteiger partial charge in [-0.2, -0.15) is 8.42 Å². The Hall–Kier alpha value is -4.10. The minimum absolute atomic E-state index is 0.137. The van der Waals surface area contributed by atoms with Crippen LogP contribution in [0.2, 0.25) is 0 Å². The molecule has 12 nitrogen and oxygen atoms in total. The largest absolute Gasteiger partial charge is 0.493 e. The van der Waals surface area contributed by atoms with Crippen molar-refractivity contribution in [1.82, 2.24) is 9.71 Å². The zero-order valence-corrected chi connectivity index (χ0v) is 21.2. The van der Waals surface area contributed by atoms with Crippen LogP contribution in [-0.2, 0) is 21.5 Å². The molecule has 0 amide bonds. The number of carbonyl (C=O) groups excluding carboxylic acids is 1. The Balaban J connectivity index is 1.22. The number of benzene rings is 1. The third kappa shape index (κ3) is 7.46. The number of aromatic nitrogens is 3. The zero-order valence-electron chi connectivity index (χ0n) is 20.4. The summed E-state index contributed by atoms with van der Waals surface area (Å²) in [7, 11) is -4.01. The molecule has 0 aliphatic heterocycles. The summed E-state index contributed by atoms with van der Waals surface area (Å²) in [6.07, 6.45) is 6.40. The number of ether oxygens (including phenoxy) is 1. The molecular formula is C25H28N3O9S+. The van der Waals surface area contributed by atoms with Gasteiger partial charge in [-0.3, -0.25) is 4.55 Å². The summed E-state index contributed by atoms with van der Waals surface area (Å²) >= 11 is 0. The molecule has 202 valence electrons. The van der Waals surface area contributed by atoms with E-state index in [-0.39, 0.29) is 37.0 Å². The van der Waals surface area contributed by atoms with Crippen LogP contribution in [0.25, 0.3) is 22.6 Å². The zero-order chi connectivity index (χ0) is 27.1. The molecular weight excluding hydrogens is 518 g/mol. The maximum Gasteiger partial charge on any atom is 0.333 e. The van der Waals surface area contributed by atoms with Gasteiger partial charge >= 0.3 is 5.97 Å². The molecule has 1 aromatic carbocycles. The molecule has 0 saturated heterocycles. The van der Waals surface area contributed by atoms with Crippen molar-refractivity contribution >= 4 is 27.2 Å². The summed E-state index contributed by atoms with van der Waals surface area (Å²) in [4.78, 5) is 21.3. The molecule has 3 N–H and O–H groups in total. The van der Waals surface area contributed by atoms with E-state index in [0.29, 0.717) is 33.9 Å². The molecule has 0 unspecified atom stereocenters. The van der Waals surface area contributed by atoms with E-state index in [4.69, 9.17) is 18.5 Å². The van der Waals surface area contributed by atoms with Crippen molar-refractivity contribution in [3.63, 3.8) is 0 Å². The smallest absolute Gasteiger partial charge is 0.333 e. The lowest BCUT2D eigenvalue weighted by atomic mass is 10.2. The van der Waals surface area contributed by atoms with Crippen LogP contribution in [0, 0.1) is 0 Å². The van der Waals surface area contributed by atoms with Crippen molar-refractivity contribution in [1.29, 1.82) is 0 Å². The Morgan fingerprint density at radius 3 is 2.45 bits per heavy atom. The van der Waals surface area contributed by atoms with Crippen LogP contribution in [0.15, 0.2) is 59.3 Å². The number of fused-ring (bicyclic) bond motifs is 1. The van der Waals surface area contributed by atoms with Gasteiger partial charge < -0.3 is 24.2 Å². The van der Waals surface area contributed by atoms with Crippen molar-refractivity contribution in [2.45, 2.75) is 38.6 Å². The first kappa shape index (κ1) is 26.9. The van der Waals surface area contributed by atoms with Gasteiger partial charge in [-0.15, -0.1) is 4.73 Å². The van der Waals surface area contributed by atoms with Gasteiger partial charge in [0.1, 0.15) is 17.8 Å². The highest BCUT2D eigenvalue weighted by atomic mass is 32.2. The third-order valence-electron chi connectivity index (χ3n) is 5.60. The molecule has 0 aliphatic carbocycles. The third-order valence-corrected chi connectivity index (χ3v) is 6.41. The fraction of sp³-hybridized carbons (Fsp3) is 0.320. The predicted molar refractivity (Wildman–Crippen MR) is 134 cm³/mol. The van der Waals surface area contributed by atoms with Crippen LogP contribution in [0.1, 0.15) is 32.1 Å². The SMILES string of the molecule is O=C(CCCCC[n+]1ccc(-c2nc3ccc(OCCCS(=O)(=O)O)cc3o2)cc1)On1c(O)ccc1O. The molecule has 0 spiro atoms. The predicted octanol–water partition coefficient (Wildman–Crippen LogP) is 2.87. The van der Waals surface area contributed by atoms with E-state index in [2.05, 4.69) is 4.98 Å². The molecule has 13 heteroatoms. The molecule has 3 aromatic heterocycles. The molecule has 0 radical (unpaired) electrons. The maximum atomic E-state index is 11.9. The van der Waals surface area contributed by atoms with E-state index in [1.807, 2.05) is 29.1 Å². The molecule has 0 bridgehead atoms. The summed E-state index contributed by atoms with van der Waals surface area (Å²) in [6.45, 7) is 0.887. The summed E-state index contributed by atoms with van der Waals surface area (Å²) in [5.41, 5.74) is 1.99. The minimum atomic E-state index is -4.01. The number of hydrogen-bond donors (Lipinski definition) is 3. The number of hydrogen-bond acceptors (Lipinski definition) is 9. The van der Waals surface area contributed by atoms with Gasteiger partial charge in [0, 0.05) is 48.7 Å². The van der Waals surface area contributed by atoms with E-state index in [1.165, 1.54) is 12.1 Å². The average molecular weight is 547 g/mol. The quantitative estimate of drug-likeness (QED) is 0.129. The summed E-state index contributed by atoms with van der Waals surface area (Å²) in [5.74, 6) is -0.641. The lowest BCUT2D eigenvalue weighted by Crippen LogP contribution is -2.32. The second-order valence-corrected chi connectivity index (χ2v) is 10.2. The number of aromatic hydroxyl groups is 2. The van der Waals surface area contributed by atoms with Crippen molar-refractivity contribution in [2.75, 3.05) is 12.4 Å². The van der Waals surface area contributed by atoms with Crippen molar-refractivity contribution in [3.05, 3.63) is 54.9 Å². The second-order valence-electron chi connectivity index (χ2n) is 8.58. The van der Waals surface area contributed by atoms with Crippen LogP contribution in [-0.4, -0.2) is 51.2 Å². The molecule has 0 aliphatic rings. The van der Waals surface area contributed by atoms with Gasteiger partial charge in [-0.1, -0.05) is 0 Å². The highest BCUT2D eigenvalue weighted by Gasteiger charge is 2.13. The van der Waals surface area contributed by atoms with Gasteiger partial charge in [-0.25, -0.2) is 14.3 Å². The lowest BCUT2D eigenvalue weighted by molar-refractivity contribution is -0.697. The highest BCUT2D eigenvalue weighted by Crippen LogP contribution is 2.27. The summed E-state index contributed by atoms with van der Waals surface area (Å²) in [6, 6.07) is 11.4. The normalized spacial score (nSPS) is 11.6. The number of aryl methyl sites for hydroxylation is 1. The molecule has 0 saturated carbocycles. The summed E-state index contributed by atoms with van der Waals surface area (Å²) in [5, 5.41) is 19.0. The molecule has 4 aromatic rings. The summed E-state index contributed by atoms with van der Waals surface area (Å²) < 4.78 is 44.4. The monoisotopic (exact) mass is 546 g/mol. The fourth-order valence-electron chi connectivity index (χ4n) is 3.68. The van der Waals surface area contributed by atoms with E-state index in [9.17, 15) is 23.4 Å². The van der Waals surface area contributed by atoms with E-state index < -0.39 is 16.1 Å². The average Bonchev–Trinajstić information content (AvgIpc) is 3.44. The van der Waals surface area contributed by atoms with Gasteiger partial charge in [0.2, 0.25) is 17.7 Å². The standard InChI is InChI=1S/C25H27N3O9S/c29-22-8-9-23(30)28(22)37-24(31)5-2-1-3-12-27-13-10-18(11-14-27)25-26-20-7-6-19(17-21(20)36-25)35-15-4-16-38(32,33)34/h6-11,13-14,17,26H,1-5,12,15-16H2,(H,32,33,34)/p+1. The van der Waals surface area contributed by atoms with E-state index in [0.717, 1.165) is 24.9 Å². The van der Waals surface area contributed by atoms with Crippen LogP contribution < -0.4 is 14.1 Å². The van der Waals surface area contributed by atoms with Crippen LogP contribution in [0.4, 0.5) is 0 Å². The van der Waals surface area contributed by atoms with Crippen LogP contribution in [0.5, 0.6) is 17.5 Å². The topological polar surface area (TPSA) is 165 Å². The number of oxazole rings is 1. The number of unbranched alkanes of at least 4 members (excludes halogenated alkanes) is 2. The van der Waals surface area contributed by atoms with E-state index in [1.54, 1.807) is 18.2 Å². The van der Waals surface area contributed by atoms with Crippen molar-refractivity contribution in [2.24, 2.45) is 0 Å². The second kappa shape index (κ2) is 12.0. The minimum Gasteiger partial charge on any atom is -0.493 e. The first-order valence-corrected chi connectivity index (χ1v) is 13.6. The maximum absolute atomic E-state index is 11.9. The van der Waals surface area contributed by atoms with Gasteiger partial charge in [-0.05, 0) is 31.4 Å². The Bertz CT molecular complexity index is 1470. The Morgan fingerprint density at radius 2 is 1.74 bits per heavy atom. The number of rotatable bonds is 13. The first-order chi connectivity index (χ1) is 18.2. The van der Waals surface area contributed by atoms with Crippen LogP contribution in [0.3, 0.4) is 0 Å². The molecule has 0 fully saturated rings. The fourth-order valence-corrected chi connectivity index (χ4v) is 4.16.